The molecule has 0 atom stereocenters. The normalized spacial score (nSPS) is 10.3. The molecule has 2 aromatic rings. The number of H-pyrrole nitrogens is 1. The first-order valence-corrected chi connectivity index (χ1v) is 5.36. The maximum atomic E-state index is 11.8. The van der Waals surface area contributed by atoms with Crippen LogP contribution >= 0.6 is 11.6 Å². The SMILES string of the molecule is COc1ccc(Cl)cc1-n1c(N)cc(=O)[nH]c1=O. The first-order chi connectivity index (χ1) is 8.52. The Morgan fingerprint density at radius 1 is 1.33 bits per heavy atom. The molecule has 2 rings (SSSR count). The van der Waals surface area contributed by atoms with Crippen molar-refractivity contribution in [2.45, 2.75) is 0 Å². The van der Waals surface area contributed by atoms with Crippen LogP contribution < -0.4 is 21.7 Å². The molecule has 7 heteroatoms. The molecule has 0 aliphatic heterocycles. The zero-order chi connectivity index (χ0) is 13.3. The van der Waals surface area contributed by atoms with Gasteiger partial charge in [-0.05, 0) is 18.2 Å². The first kappa shape index (κ1) is 12.3. The van der Waals surface area contributed by atoms with Gasteiger partial charge in [0, 0.05) is 11.1 Å². The lowest BCUT2D eigenvalue weighted by molar-refractivity contribution is 0.412. The van der Waals surface area contributed by atoms with Gasteiger partial charge >= 0.3 is 5.69 Å². The molecule has 3 N–H and O–H groups in total. The molecule has 0 aliphatic carbocycles. The van der Waals surface area contributed by atoms with Gasteiger partial charge in [-0.25, -0.2) is 9.36 Å². The molecule has 0 saturated carbocycles. The topological polar surface area (TPSA) is 90.1 Å². The number of aromatic amines is 1. The van der Waals surface area contributed by atoms with Crippen molar-refractivity contribution in [3.8, 4) is 11.4 Å². The van der Waals surface area contributed by atoms with E-state index in [4.69, 9.17) is 22.1 Å². The highest BCUT2D eigenvalue weighted by molar-refractivity contribution is 6.30. The fraction of sp³-hybridized carbons (Fsp3) is 0.0909. The van der Waals surface area contributed by atoms with Gasteiger partial charge in [0.05, 0.1) is 12.8 Å². The lowest BCUT2D eigenvalue weighted by atomic mass is 10.3. The van der Waals surface area contributed by atoms with Crippen LogP contribution in [0.15, 0.2) is 33.9 Å². The highest BCUT2D eigenvalue weighted by Gasteiger charge is 2.11. The Hall–Kier alpha value is -2.21. The molecule has 0 unspecified atom stereocenters. The standard InChI is InChI=1S/C11H10ClN3O3/c1-18-8-3-2-6(12)4-7(8)15-9(13)5-10(16)14-11(15)17/h2-5H,13H2,1H3,(H,14,16,17). The number of hydrogen-bond acceptors (Lipinski definition) is 4. The summed E-state index contributed by atoms with van der Waals surface area (Å²) in [6.45, 7) is 0. The largest absolute Gasteiger partial charge is 0.495 e. The van der Waals surface area contributed by atoms with Crippen molar-refractivity contribution in [2.24, 2.45) is 0 Å². The lowest BCUT2D eigenvalue weighted by Gasteiger charge is -2.12. The molecular formula is C11H10ClN3O3. The summed E-state index contributed by atoms with van der Waals surface area (Å²) in [7, 11) is 1.46. The minimum absolute atomic E-state index is 0.00400. The van der Waals surface area contributed by atoms with E-state index in [2.05, 4.69) is 4.98 Å². The number of hydrogen-bond donors (Lipinski definition) is 2. The zero-order valence-corrected chi connectivity index (χ0v) is 10.2. The van der Waals surface area contributed by atoms with Gasteiger partial charge in [-0.15, -0.1) is 0 Å². The van der Waals surface area contributed by atoms with E-state index in [0.29, 0.717) is 16.5 Å². The van der Waals surface area contributed by atoms with Crippen LogP contribution in [0.4, 0.5) is 5.82 Å². The smallest absolute Gasteiger partial charge is 0.334 e. The summed E-state index contributed by atoms with van der Waals surface area (Å²) in [5, 5.41) is 0.420. The third-order valence-electron chi connectivity index (χ3n) is 2.35. The Labute approximate surface area is 107 Å². The van der Waals surface area contributed by atoms with Crippen molar-refractivity contribution < 1.29 is 4.74 Å². The van der Waals surface area contributed by atoms with Crippen LogP contribution in [-0.4, -0.2) is 16.7 Å². The fourth-order valence-electron chi connectivity index (χ4n) is 1.60. The molecule has 1 aromatic carbocycles. The van der Waals surface area contributed by atoms with Crippen LogP contribution in [0.3, 0.4) is 0 Å². The molecule has 6 nitrogen and oxygen atoms in total. The number of nitrogen functional groups attached to an aromatic ring is 1. The van der Waals surface area contributed by atoms with E-state index in [9.17, 15) is 9.59 Å². The van der Waals surface area contributed by atoms with E-state index in [-0.39, 0.29) is 5.82 Å². The number of nitrogens with zero attached hydrogens (tertiary/aromatic N) is 1. The molecule has 0 bridgehead atoms. The Bertz CT molecular complexity index is 705. The summed E-state index contributed by atoms with van der Waals surface area (Å²) in [5.74, 6) is 0.421. The summed E-state index contributed by atoms with van der Waals surface area (Å²) in [5.41, 5.74) is 4.82. The van der Waals surface area contributed by atoms with Crippen LogP contribution in [0.5, 0.6) is 5.75 Å². The highest BCUT2D eigenvalue weighted by atomic mass is 35.5. The zero-order valence-electron chi connectivity index (χ0n) is 9.44. The minimum atomic E-state index is -0.652. The van der Waals surface area contributed by atoms with Gasteiger partial charge in [-0.3, -0.25) is 9.78 Å². The number of nitrogens with two attached hydrogens (primary N) is 1. The average Bonchev–Trinajstić information content (AvgIpc) is 2.28. The van der Waals surface area contributed by atoms with Gasteiger partial charge in [0.15, 0.2) is 0 Å². The molecule has 0 spiro atoms. The van der Waals surface area contributed by atoms with Crippen molar-refractivity contribution in [1.29, 1.82) is 0 Å². The molecule has 18 heavy (non-hydrogen) atoms. The number of benzene rings is 1. The minimum Gasteiger partial charge on any atom is -0.495 e. The number of nitrogens with one attached hydrogen (secondary N) is 1. The van der Waals surface area contributed by atoms with E-state index in [1.807, 2.05) is 0 Å². The molecule has 0 radical (unpaired) electrons. The van der Waals surface area contributed by atoms with Crippen LogP contribution in [0.25, 0.3) is 5.69 Å². The van der Waals surface area contributed by atoms with Crippen molar-refractivity contribution in [2.75, 3.05) is 12.8 Å². The number of ether oxygens (including phenoxy) is 1. The molecule has 1 aromatic heterocycles. The third-order valence-corrected chi connectivity index (χ3v) is 2.59. The number of anilines is 1. The van der Waals surface area contributed by atoms with Crippen LogP contribution in [0, 0.1) is 0 Å². The average molecular weight is 268 g/mol. The van der Waals surface area contributed by atoms with Gasteiger partial charge in [0.2, 0.25) is 0 Å². The monoisotopic (exact) mass is 267 g/mol. The van der Waals surface area contributed by atoms with Crippen LogP contribution in [-0.2, 0) is 0 Å². The van der Waals surface area contributed by atoms with E-state index in [0.717, 1.165) is 10.6 Å². The molecule has 0 saturated heterocycles. The van der Waals surface area contributed by atoms with E-state index in [1.165, 1.54) is 13.2 Å². The molecule has 0 aliphatic rings. The summed E-state index contributed by atoms with van der Waals surface area (Å²) in [4.78, 5) is 25.0. The quantitative estimate of drug-likeness (QED) is 0.841. The van der Waals surface area contributed by atoms with E-state index < -0.39 is 11.2 Å². The second-order valence-electron chi connectivity index (χ2n) is 3.52. The van der Waals surface area contributed by atoms with Crippen LogP contribution in [0.2, 0.25) is 5.02 Å². The summed E-state index contributed by atoms with van der Waals surface area (Å²) in [6.07, 6.45) is 0. The number of rotatable bonds is 2. The third kappa shape index (κ3) is 2.10. The van der Waals surface area contributed by atoms with Crippen LogP contribution in [0.1, 0.15) is 0 Å². The van der Waals surface area contributed by atoms with Crippen molar-refractivity contribution in [3.63, 3.8) is 0 Å². The number of halogens is 1. The lowest BCUT2D eigenvalue weighted by Crippen LogP contribution is -2.30. The van der Waals surface area contributed by atoms with E-state index >= 15 is 0 Å². The second kappa shape index (κ2) is 4.58. The summed E-state index contributed by atoms with van der Waals surface area (Å²) >= 11 is 5.88. The van der Waals surface area contributed by atoms with E-state index in [1.54, 1.807) is 12.1 Å². The van der Waals surface area contributed by atoms with Gasteiger partial charge in [-0.2, -0.15) is 0 Å². The first-order valence-electron chi connectivity index (χ1n) is 4.98. The Kier molecular flexibility index (Phi) is 3.12. The second-order valence-corrected chi connectivity index (χ2v) is 3.95. The van der Waals surface area contributed by atoms with Crippen molar-refractivity contribution in [3.05, 3.63) is 50.1 Å². The Balaban J connectivity index is 2.80. The Morgan fingerprint density at radius 3 is 2.67 bits per heavy atom. The van der Waals surface area contributed by atoms with Gasteiger partial charge in [0.1, 0.15) is 11.6 Å². The molecule has 0 fully saturated rings. The molecular weight excluding hydrogens is 258 g/mol. The highest BCUT2D eigenvalue weighted by Crippen LogP contribution is 2.26. The van der Waals surface area contributed by atoms with Crippen molar-refractivity contribution >= 4 is 17.4 Å². The maximum absolute atomic E-state index is 11.8. The number of methoxy groups -OCH3 is 1. The molecule has 1 heterocycles. The predicted octanol–water partition coefficient (Wildman–Crippen LogP) is 0.770. The maximum Gasteiger partial charge on any atom is 0.334 e. The number of aromatic nitrogens is 2. The van der Waals surface area contributed by atoms with Gasteiger partial charge < -0.3 is 10.5 Å². The van der Waals surface area contributed by atoms with Gasteiger partial charge in [-0.1, -0.05) is 11.6 Å². The van der Waals surface area contributed by atoms with Crippen molar-refractivity contribution in [1.82, 2.24) is 9.55 Å². The van der Waals surface area contributed by atoms with Gasteiger partial charge in [0.25, 0.3) is 5.56 Å². The molecule has 94 valence electrons. The Morgan fingerprint density at radius 2 is 2.06 bits per heavy atom. The summed E-state index contributed by atoms with van der Waals surface area (Å²) in [6, 6.07) is 5.86. The summed E-state index contributed by atoms with van der Waals surface area (Å²) < 4.78 is 6.25. The predicted molar refractivity (Wildman–Crippen MR) is 68.6 cm³/mol. The fourth-order valence-corrected chi connectivity index (χ4v) is 1.77. The molecule has 0 amide bonds.